The highest BCUT2D eigenvalue weighted by Crippen LogP contribution is 2.54. The quantitative estimate of drug-likeness (QED) is 0.0956. The van der Waals surface area contributed by atoms with Gasteiger partial charge in [-0.1, -0.05) is 227 Å². The van der Waals surface area contributed by atoms with E-state index in [1.165, 1.54) is 117 Å². The SMILES string of the molecule is Cc1cccc(N(c2ccccc2)c2cc3sc4cc(N(c5ccccc5)c5cccc(C)c5)c5cc(CC(C)c6ccc(N(c7ccccc7)c7cc8sc9cc(N(c%10ccccc%10)c%10ccc(C(C)C)cc%10)c%10ccccc%10c9c8c8ccccc78)cc6)ccc5c4c3c3ccccc23)c1. The van der Waals surface area contributed by atoms with Gasteiger partial charge in [-0.3, -0.25) is 0 Å². The minimum atomic E-state index is 0.203. The summed E-state index contributed by atoms with van der Waals surface area (Å²) in [6.45, 7) is 11.3. The van der Waals surface area contributed by atoms with Crippen molar-refractivity contribution in [2.24, 2.45) is 0 Å². The van der Waals surface area contributed by atoms with Crippen LogP contribution in [0.1, 0.15) is 60.4 Å². The van der Waals surface area contributed by atoms with E-state index >= 15 is 0 Å². The lowest BCUT2D eigenvalue weighted by molar-refractivity contribution is 0.760. The van der Waals surface area contributed by atoms with Gasteiger partial charge >= 0.3 is 0 Å². The molecule has 0 aliphatic heterocycles. The van der Waals surface area contributed by atoms with Crippen molar-refractivity contribution in [2.45, 2.75) is 52.9 Å². The van der Waals surface area contributed by atoms with Gasteiger partial charge in [-0.15, -0.1) is 22.7 Å². The Kier molecular flexibility index (Phi) is 16.0. The van der Waals surface area contributed by atoms with Crippen LogP contribution in [-0.4, -0.2) is 0 Å². The summed E-state index contributed by atoms with van der Waals surface area (Å²) in [5.74, 6) is 0.643. The fourth-order valence-electron chi connectivity index (χ4n) is 15.9. The first-order valence-corrected chi connectivity index (χ1v) is 37.2. The number of fused-ring (bicyclic) bond motifs is 14. The summed E-state index contributed by atoms with van der Waals surface area (Å²) in [6.07, 6.45) is 0.854. The Morgan fingerprint density at radius 3 is 0.892 bits per heavy atom. The minimum absolute atomic E-state index is 0.203. The van der Waals surface area contributed by atoms with Crippen molar-refractivity contribution in [3.05, 3.63) is 361 Å². The lowest BCUT2D eigenvalue weighted by Crippen LogP contribution is -2.11. The molecule has 0 N–H and O–H groups in total. The van der Waals surface area contributed by atoms with E-state index in [0.717, 1.165) is 69.0 Å². The maximum Gasteiger partial charge on any atom is 0.0554 e. The molecule has 490 valence electrons. The third-order valence-corrected chi connectivity index (χ3v) is 22.8. The smallest absolute Gasteiger partial charge is 0.0554 e. The van der Waals surface area contributed by atoms with Crippen LogP contribution in [0.3, 0.4) is 0 Å². The number of benzene rings is 16. The molecule has 0 saturated carbocycles. The monoisotopic (exact) mass is 1350 g/mol. The molecule has 2 aromatic heterocycles. The third-order valence-electron chi connectivity index (χ3n) is 20.7. The predicted molar refractivity (Wildman–Crippen MR) is 443 cm³/mol. The molecule has 0 radical (unpaired) electrons. The third kappa shape index (κ3) is 11.1. The molecule has 1 unspecified atom stereocenters. The molecule has 2 heterocycles. The van der Waals surface area contributed by atoms with Gasteiger partial charge in [-0.2, -0.15) is 0 Å². The maximum atomic E-state index is 2.51. The van der Waals surface area contributed by atoms with Crippen molar-refractivity contribution in [1.29, 1.82) is 0 Å². The van der Waals surface area contributed by atoms with Crippen LogP contribution in [0.2, 0.25) is 0 Å². The van der Waals surface area contributed by atoms with Crippen molar-refractivity contribution < 1.29 is 0 Å². The first kappa shape index (κ1) is 62.5. The molecule has 18 aromatic rings. The average molecular weight is 1350 g/mol. The Hall–Kier alpha value is -11.8. The molecule has 0 bridgehead atoms. The molecule has 1 atom stereocenters. The second-order valence-electron chi connectivity index (χ2n) is 27.6. The van der Waals surface area contributed by atoms with Crippen LogP contribution in [0.15, 0.2) is 334 Å². The standard InChI is InChI=1S/C96H74N4S2/c1-62(2)67-45-49-73(50-46-67)97(69-28-10-6-11-29-69)85-58-89-93(80-41-21-18-38-77(80)85)94-81-42-22-19-39-78(81)86(59-90(94)101-89)98(70-30-12-7-13-31-70)74-51-47-68(48-52-74)65(5)56-66-44-53-83-84(57-66)88(100(72-34-16-9-17-35-72)76-37-25-27-64(4)55-76)61-92-96(83)95-82-43-23-20-40-79(82)87(60-91(95)102-92)99(71-32-14-8-15-33-71)75-36-24-26-63(3)54-75/h6-55,57-62,65H,56H2,1-5H3. The molecule has 0 aliphatic rings. The van der Waals surface area contributed by atoms with Crippen LogP contribution in [0.4, 0.5) is 68.2 Å². The van der Waals surface area contributed by atoms with E-state index in [1.54, 1.807) is 0 Å². The Balaban J connectivity index is 0.752. The Morgan fingerprint density at radius 1 is 0.245 bits per heavy atom. The van der Waals surface area contributed by atoms with Crippen LogP contribution in [-0.2, 0) is 6.42 Å². The van der Waals surface area contributed by atoms with Gasteiger partial charge in [0.1, 0.15) is 0 Å². The van der Waals surface area contributed by atoms with Crippen molar-refractivity contribution in [3.8, 4) is 0 Å². The Labute approximate surface area is 604 Å². The fourth-order valence-corrected chi connectivity index (χ4v) is 18.3. The van der Waals surface area contributed by atoms with E-state index in [4.69, 9.17) is 0 Å². The normalized spacial score (nSPS) is 12.1. The van der Waals surface area contributed by atoms with Crippen LogP contribution >= 0.6 is 22.7 Å². The predicted octanol–water partition coefficient (Wildman–Crippen LogP) is 29.0. The van der Waals surface area contributed by atoms with Gasteiger partial charge < -0.3 is 19.6 Å². The van der Waals surface area contributed by atoms with Gasteiger partial charge in [-0.05, 0) is 209 Å². The number of thiophene rings is 2. The molecule has 6 heteroatoms. The van der Waals surface area contributed by atoms with Gasteiger partial charge in [0.05, 0.1) is 22.7 Å². The lowest BCUT2D eigenvalue weighted by atomic mass is 9.91. The number of hydrogen-bond acceptors (Lipinski definition) is 6. The highest BCUT2D eigenvalue weighted by atomic mass is 32.1. The number of rotatable bonds is 16. The highest BCUT2D eigenvalue weighted by Gasteiger charge is 2.27. The Morgan fingerprint density at radius 2 is 0.539 bits per heavy atom. The molecule has 0 aliphatic carbocycles. The summed E-state index contributed by atoms with van der Waals surface area (Å²) in [7, 11) is 0. The number of para-hydroxylation sites is 4. The van der Waals surface area contributed by atoms with E-state index in [9.17, 15) is 0 Å². The molecular formula is C96H74N4S2. The molecular weight excluding hydrogens is 1270 g/mol. The fraction of sp³-hybridized carbons (Fsp3) is 0.0833. The van der Waals surface area contributed by atoms with Gasteiger partial charge in [-0.25, -0.2) is 0 Å². The summed E-state index contributed by atoms with van der Waals surface area (Å²) >= 11 is 3.79. The molecule has 0 saturated heterocycles. The first-order chi connectivity index (χ1) is 50.1. The van der Waals surface area contributed by atoms with E-state index in [2.05, 4.69) is 388 Å². The van der Waals surface area contributed by atoms with E-state index < -0.39 is 0 Å². The van der Waals surface area contributed by atoms with E-state index in [-0.39, 0.29) is 5.92 Å². The zero-order valence-corrected chi connectivity index (χ0v) is 59.4. The van der Waals surface area contributed by atoms with Crippen LogP contribution in [0, 0.1) is 13.8 Å². The number of anilines is 12. The van der Waals surface area contributed by atoms with Gasteiger partial charge in [0, 0.05) is 107 Å². The summed E-state index contributed by atoms with van der Waals surface area (Å²) in [4.78, 5) is 9.84. The summed E-state index contributed by atoms with van der Waals surface area (Å²) in [5.41, 5.74) is 20.0. The van der Waals surface area contributed by atoms with Gasteiger partial charge in [0.2, 0.25) is 0 Å². The maximum absolute atomic E-state index is 2.51. The highest BCUT2D eigenvalue weighted by molar-refractivity contribution is 7.26. The zero-order chi connectivity index (χ0) is 68.5. The van der Waals surface area contributed by atoms with Crippen molar-refractivity contribution >= 4 is 174 Å². The van der Waals surface area contributed by atoms with Crippen LogP contribution in [0.5, 0.6) is 0 Å². The van der Waals surface area contributed by atoms with Gasteiger partial charge in [0.15, 0.2) is 0 Å². The number of aryl methyl sites for hydroxylation is 2. The minimum Gasteiger partial charge on any atom is -0.310 e. The summed E-state index contributed by atoms with van der Waals surface area (Å²) in [5, 5.41) is 15.0. The average Bonchev–Trinajstić information content (AvgIpc) is 1.53. The second-order valence-corrected chi connectivity index (χ2v) is 29.8. The molecule has 18 rings (SSSR count). The van der Waals surface area contributed by atoms with Crippen molar-refractivity contribution in [1.82, 2.24) is 0 Å². The van der Waals surface area contributed by atoms with Crippen molar-refractivity contribution in [3.63, 3.8) is 0 Å². The first-order valence-electron chi connectivity index (χ1n) is 35.5. The van der Waals surface area contributed by atoms with Gasteiger partial charge in [0.25, 0.3) is 0 Å². The molecule has 102 heavy (non-hydrogen) atoms. The summed E-state index contributed by atoms with van der Waals surface area (Å²) < 4.78 is 5.02. The topological polar surface area (TPSA) is 13.0 Å². The molecule has 0 fully saturated rings. The number of hydrogen-bond donors (Lipinski definition) is 0. The lowest BCUT2D eigenvalue weighted by Gasteiger charge is -2.28. The molecule has 4 nitrogen and oxygen atoms in total. The van der Waals surface area contributed by atoms with E-state index in [1.807, 2.05) is 22.7 Å². The summed E-state index contributed by atoms with van der Waals surface area (Å²) in [6, 6.07) is 124. The number of nitrogens with zero attached hydrogens (tertiary/aromatic N) is 4. The molecule has 0 amide bonds. The molecule has 16 aromatic carbocycles. The second kappa shape index (κ2) is 26.1. The van der Waals surface area contributed by atoms with E-state index in [0.29, 0.717) is 5.92 Å². The zero-order valence-electron chi connectivity index (χ0n) is 57.7. The molecule has 0 spiro atoms. The largest absolute Gasteiger partial charge is 0.310 e. The van der Waals surface area contributed by atoms with Crippen LogP contribution < -0.4 is 19.6 Å². The van der Waals surface area contributed by atoms with Crippen LogP contribution in [0.25, 0.3) is 83.4 Å². The Bertz CT molecular complexity index is 6180. The van der Waals surface area contributed by atoms with Crippen molar-refractivity contribution in [2.75, 3.05) is 19.6 Å².